The molecule has 2 atom stereocenters. The zero-order valence-corrected chi connectivity index (χ0v) is 27.8. The van der Waals surface area contributed by atoms with Crippen LogP contribution in [0.25, 0.3) is 0 Å². The number of rotatable bonds is 12. The minimum atomic E-state index is -1.39. The van der Waals surface area contributed by atoms with Crippen LogP contribution >= 0.6 is 0 Å². The van der Waals surface area contributed by atoms with Crippen molar-refractivity contribution in [1.29, 1.82) is 0 Å². The number of benzene rings is 6. The molecule has 0 fully saturated rings. The molecule has 6 nitrogen and oxygen atoms in total. The third kappa shape index (κ3) is 6.84. The number of hydrogen-bond donors (Lipinski definition) is 0. The van der Waals surface area contributed by atoms with Gasteiger partial charge in [0.25, 0.3) is 0 Å². The molecule has 1 aliphatic rings. The van der Waals surface area contributed by atoms with Gasteiger partial charge in [0.2, 0.25) is 5.60 Å². The number of methoxy groups -OCH3 is 1. The number of hydrogen-bond acceptors (Lipinski definition) is 6. The quantitative estimate of drug-likeness (QED) is 0.122. The maximum Gasteiger partial charge on any atom is 0.340 e. The maximum absolute atomic E-state index is 14.2. The van der Waals surface area contributed by atoms with Gasteiger partial charge in [0.05, 0.1) is 0 Å². The van der Waals surface area contributed by atoms with Gasteiger partial charge in [-0.15, -0.1) is 0 Å². The van der Waals surface area contributed by atoms with E-state index in [2.05, 4.69) is 0 Å². The molecule has 0 N–H and O–H groups in total. The summed E-state index contributed by atoms with van der Waals surface area (Å²) in [6.07, 6.45) is -1.43. The molecule has 6 heteroatoms. The maximum atomic E-state index is 14.2. The van der Waals surface area contributed by atoms with Gasteiger partial charge < -0.3 is 23.7 Å². The Balaban J connectivity index is 1.39. The lowest BCUT2D eigenvalue weighted by Gasteiger charge is -2.45. The van der Waals surface area contributed by atoms with Crippen LogP contribution in [0.5, 0.6) is 17.2 Å². The van der Waals surface area contributed by atoms with Gasteiger partial charge >= 0.3 is 5.97 Å². The Hall–Kier alpha value is -5.85. The van der Waals surface area contributed by atoms with Crippen molar-refractivity contribution in [1.82, 2.24) is 0 Å². The summed E-state index contributed by atoms with van der Waals surface area (Å²) >= 11 is 0. The Kier molecular flexibility index (Phi) is 9.90. The third-order valence-electron chi connectivity index (χ3n) is 8.96. The van der Waals surface area contributed by atoms with Crippen molar-refractivity contribution in [3.05, 3.63) is 197 Å². The van der Waals surface area contributed by atoms with E-state index in [1.807, 2.05) is 164 Å². The fourth-order valence-electron chi connectivity index (χ4n) is 6.55. The van der Waals surface area contributed by atoms with Crippen LogP contribution in [-0.4, -0.2) is 19.2 Å². The van der Waals surface area contributed by atoms with Crippen LogP contribution in [0.2, 0.25) is 0 Å². The van der Waals surface area contributed by atoms with E-state index in [1.54, 1.807) is 0 Å². The Morgan fingerprint density at radius 3 is 1.68 bits per heavy atom. The molecule has 6 aromatic rings. The molecule has 250 valence electrons. The molecule has 0 spiro atoms. The molecule has 0 saturated heterocycles. The average molecular weight is 663 g/mol. The second-order valence-corrected chi connectivity index (χ2v) is 12.1. The molecule has 0 radical (unpaired) electrons. The third-order valence-corrected chi connectivity index (χ3v) is 8.96. The molecular formula is C44H38O6. The summed E-state index contributed by atoms with van der Waals surface area (Å²) in [4.78, 5) is 14.2. The number of carbonyl (C=O) groups is 1. The van der Waals surface area contributed by atoms with E-state index in [1.165, 1.54) is 7.11 Å². The SMILES string of the molecule is COC(C(=O)OC1Cc2ccccc2OC1(c1ccccc1OCc1ccccc1)c1ccccc1OCc1ccccc1)c1ccccc1. The summed E-state index contributed by atoms with van der Waals surface area (Å²) in [6, 6.07) is 52.8. The number of esters is 1. The van der Waals surface area contributed by atoms with Crippen LogP contribution in [-0.2, 0) is 39.5 Å². The second kappa shape index (κ2) is 15.1. The van der Waals surface area contributed by atoms with Gasteiger partial charge in [-0.3, -0.25) is 0 Å². The fraction of sp³-hybridized carbons (Fsp3) is 0.159. The summed E-state index contributed by atoms with van der Waals surface area (Å²) < 4.78 is 32.8. The highest BCUT2D eigenvalue weighted by molar-refractivity contribution is 5.77. The van der Waals surface area contributed by atoms with Gasteiger partial charge in [0.15, 0.2) is 12.2 Å². The number of carbonyl (C=O) groups excluding carboxylic acids is 1. The largest absolute Gasteiger partial charge is 0.488 e. The van der Waals surface area contributed by atoms with Crippen LogP contribution in [0, 0.1) is 0 Å². The molecule has 6 aromatic carbocycles. The lowest BCUT2D eigenvalue weighted by atomic mass is 9.76. The highest BCUT2D eigenvalue weighted by Gasteiger charge is 2.54. The molecule has 2 unspecified atom stereocenters. The van der Waals surface area contributed by atoms with Gasteiger partial charge in [-0.1, -0.05) is 146 Å². The van der Waals surface area contributed by atoms with Gasteiger partial charge in [0, 0.05) is 24.7 Å². The van der Waals surface area contributed by atoms with Crippen LogP contribution in [0.4, 0.5) is 0 Å². The number of fused-ring (bicyclic) bond motifs is 1. The highest BCUT2D eigenvalue weighted by atomic mass is 16.6. The molecule has 7 rings (SSSR count). The number of ether oxygens (including phenoxy) is 5. The van der Waals surface area contributed by atoms with E-state index in [0.717, 1.165) is 16.7 Å². The van der Waals surface area contributed by atoms with Crippen molar-refractivity contribution < 1.29 is 28.5 Å². The molecule has 0 bridgehead atoms. The standard InChI is InChI=1S/C44H38O6/c1-46-42(34-21-9-4-10-22-34)43(45)49-41-29-35-23-11-14-26-38(35)50-44(41,36-24-12-15-27-39(36)47-30-32-17-5-2-6-18-32)37-25-13-16-28-40(37)48-31-33-19-7-3-8-20-33/h2-28,41-42H,29-31H2,1H3. The molecule has 0 aliphatic carbocycles. The van der Waals surface area contributed by atoms with Crippen molar-refractivity contribution in [2.24, 2.45) is 0 Å². The Bertz CT molecular complexity index is 1920. The molecule has 50 heavy (non-hydrogen) atoms. The lowest BCUT2D eigenvalue weighted by Crippen LogP contribution is -2.52. The van der Waals surface area contributed by atoms with Gasteiger partial charge in [-0.05, 0) is 40.5 Å². The number of para-hydroxylation sites is 3. The summed E-state index contributed by atoms with van der Waals surface area (Å²) in [7, 11) is 1.51. The summed E-state index contributed by atoms with van der Waals surface area (Å²) in [5, 5.41) is 0. The summed E-state index contributed by atoms with van der Waals surface area (Å²) in [5.41, 5.74) is 3.67. The minimum Gasteiger partial charge on any atom is -0.488 e. The van der Waals surface area contributed by atoms with Crippen LogP contribution in [0.15, 0.2) is 164 Å². The predicted molar refractivity (Wildman–Crippen MR) is 192 cm³/mol. The lowest BCUT2D eigenvalue weighted by molar-refractivity contribution is -0.173. The first kappa shape index (κ1) is 32.7. The van der Waals surface area contributed by atoms with Crippen LogP contribution < -0.4 is 14.2 Å². The fourth-order valence-corrected chi connectivity index (χ4v) is 6.55. The summed E-state index contributed by atoms with van der Waals surface area (Å²) in [5.74, 6) is 1.35. The van der Waals surface area contributed by atoms with Crippen LogP contribution in [0.1, 0.15) is 39.5 Å². The molecule has 0 amide bonds. The molecule has 0 aromatic heterocycles. The first-order chi connectivity index (χ1) is 24.7. The van der Waals surface area contributed by atoms with Crippen molar-refractivity contribution in [3.63, 3.8) is 0 Å². The van der Waals surface area contributed by atoms with Gasteiger partial charge in [-0.25, -0.2) is 4.79 Å². The molecule has 1 heterocycles. The van der Waals surface area contributed by atoms with Crippen molar-refractivity contribution >= 4 is 5.97 Å². The van der Waals surface area contributed by atoms with Crippen molar-refractivity contribution in [2.75, 3.05) is 7.11 Å². The topological polar surface area (TPSA) is 63.2 Å². The Morgan fingerprint density at radius 2 is 1.12 bits per heavy atom. The average Bonchev–Trinajstić information content (AvgIpc) is 3.18. The van der Waals surface area contributed by atoms with E-state index < -0.39 is 23.8 Å². The minimum absolute atomic E-state index is 0.334. The van der Waals surface area contributed by atoms with Crippen molar-refractivity contribution in [3.8, 4) is 17.2 Å². The van der Waals surface area contributed by atoms with E-state index in [4.69, 9.17) is 23.7 Å². The molecule has 1 aliphatic heterocycles. The normalized spacial score (nSPS) is 15.2. The first-order valence-corrected chi connectivity index (χ1v) is 16.7. The zero-order valence-electron chi connectivity index (χ0n) is 27.8. The van der Waals surface area contributed by atoms with E-state index in [-0.39, 0.29) is 0 Å². The van der Waals surface area contributed by atoms with Gasteiger partial charge in [0.1, 0.15) is 30.5 Å². The first-order valence-electron chi connectivity index (χ1n) is 16.7. The van der Waals surface area contributed by atoms with E-state index >= 15 is 0 Å². The monoisotopic (exact) mass is 662 g/mol. The van der Waals surface area contributed by atoms with E-state index in [0.29, 0.717) is 53.6 Å². The second-order valence-electron chi connectivity index (χ2n) is 12.1. The molecule has 0 saturated carbocycles. The Labute approximate surface area is 292 Å². The summed E-state index contributed by atoms with van der Waals surface area (Å²) in [6.45, 7) is 0.668. The smallest absolute Gasteiger partial charge is 0.340 e. The van der Waals surface area contributed by atoms with Crippen molar-refractivity contribution in [2.45, 2.75) is 37.4 Å². The van der Waals surface area contributed by atoms with Crippen LogP contribution in [0.3, 0.4) is 0 Å². The van der Waals surface area contributed by atoms with Gasteiger partial charge in [-0.2, -0.15) is 0 Å². The van der Waals surface area contributed by atoms with E-state index in [9.17, 15) is 4.79 Å². The highest BCUT2D eigenvalue weighted by Crippen LogP contribution is 2.51. The zero-order chi connectivity index (χ0) is 34.2. The molecular weight excluding hydrogens is 624 g/mol. The predicted octanol–water partition coefficient (Wildman–Crippen LogP) is 9.02. The Morgan fingerprint density at radius 1 is 0.640 bits per heavy atom.